The number of halogens is 1. The molecule has 0 saturated carbocycles. The van der Waals surface area contributed by atoms with E-state index in [0.29, 0.717) is 25.3 Å². The lowest BCUT2D eigenvalue weighted by molar-refractivity contribution is -0.130. The van der Waals surface area contributed by atoms with Crippen LogP contribution in [0.5, 0.6) is 5.75 Å². The number of hydrogen-bond acceptors (Lipinski definition) is 4. The highest BCUT2D eigenvalue weighted by atomic mass is 33.1. The van der Waals surface area contributed by atoms with Crippen molar-refractivity contribution in [2.75, 3.05) is 26.0 Å². The van der Waals surface area contributed by atoms with Crippen LogP contribution < -0.4 is 4.74 Å². The van der Waals surface area contributed by atoms with E-state index >= 15 is 0 Å². The van der Waals surface area contributed by atoms with Crippen LogP contribution in [-0.2, 0) is 4.79 Å². The van der Waals surface area contributed by atoms with Crippen molar-refractivity contribution in [1.29, 1.82) is 0 Å². The van der Waals surface area contributed by atoms with Gasteiger partial charge < -0.3 is 9.64 Å². The van der Waals surface area contributed by atoms with E-state index in [4.69, 9.17) is 4.74 Å². The summed E-state index contributed by atoms with van der Waals surface area (Å²) in [7, 11) is 5.77. The highest BCUT2D eigenvalue weighted by Gasteiger charge is 2.16. The van der Waals surface area contributed by atoms with Crippen molar-refractivity contribution >= 4 is 27.5 Å². The molecule has 1 aromatic rings. The Morgan fingerprint density at radius 2 is 2.13 bits per heavy atom. The first-order chi connectivity index (χ1) is 11.1. The number of carbonyl (C=O) groups is 1. The van der Waals surface area contributed by atoms with E-state index in [1.165, 1.54) is 30.7 Å². The summed E-state index contributed by atoms with van der Waals surface area (Å²) in [6, 6.07) is 5.92. The standard InChI is InChI=1S/C17H24FNO2S2/c1-19(11-12-21-15-8-6-14(18)7-9-15)17(20)5-3-2-4-16-10-13-22-23-16/h6-9,16H,2-5,10-13H2,1H3. The molecule has 1 saturated heterocycles. The smallest absolute Gasteiger partial charge is 0.222 e. The number of nitrogens with zero attached hydrogens (tertiary/aromatic N) is 1. The van der Waals surface area contributed by atoms with Gasteiger partial charge in [-0.1, -0.05) is 28.0 Å². The van der Waals surface area contributed by atoms with Crippen LogP contribution in [0, 0.1) is 5.82 Å². The second-order valence-electron chi connectivity index (χ2n) is 5.69. The van der Waals surface area contributed by atoms with Gasteiger partial charge in [0.15, 0.2) is 0 Å². The number of benzene rings is 1. The number of ether oxygens (including phenoxy) is 1. The topological polar surface area (TPSA) is 29.5 Å². The number of hydrogen-bond donors (Lipinski definition) is 0. The van der Waals surface area contributed by atoms with Gasteiger partial charge in [-0.2, -0.15) is 0 Å². The molecule has 0 aromatic heterocycles. The Hall–Kier alpha value is -0.880. The highest BCUT2D eigenvalue weighted by Crippen LogP contribution is 2.39. The van der Waals surface area contributed by atoms with E-state index in [9.17, 15) is 9.18 Å². The molecule has 0 N–H and O–H groups in total. The molecule has 1 amide bonds. The number of carbonyl (C=O) groups excluding carboxylic acids is 1. The molecule has 0 aliphatic carbocycles. The fourth-order valence-electron chi connectivity index (χ4n) is 2.36. The number of rotatable bonds is 9. The average Bonchev–Trinajstić information content (AvgIpc) is 3.06. The zero-order valence-electron chi connectivity index (χ0n) is 13.5. The molecule has 23 heavy (non-hydrogen) atoms. The van der Waals surface area contributed by atoms with E-state index in [1.807, 2.05) is 21.6 Å². The molecule has 0 bridgehead atoms. The van der Waals surface area contributed by atoms with Gasteiger partial charge in [0.2, 0.25) is 5.91 Å². The zero-order valence-corrected chi connectivity index (χ0v) is 15.1. The molecule has 1 unspecified atom stereocenters. The van der Waals surface area contributed by atoms with Crippen LogP contribution in [0.2, 0.25) is 0 Å². The van der Waals surface area contributed by atoms with Crippen LogP contribution in [0.25, 0.3) is 0 Å². The highest BCUT2D eigenvalue weighted by molar-refractivity contribution is 8.77. The molecule has 0 radical (unpaired) electrons. The summed E-state index contributed by atoms with van der Waals surface area (Å²) in [5, 5.41) is 0.789. The number of amides is 1. The Morgan fingerprint density at radius 1 is 1.35 bits per heavy atom. The molecule has 1 atom stereocenters. The first-order valence-electron chi connectivity index (χ1n) is 8.06. The Kier molecular flexibility index (Phi) is 8.09. The van der Waals surface area contributed by atoms with Gasteiger partial charge in [0.25, 0.3) is 0 Å². The van der Waals surface area contributed by atoms with Gasteiger partial charge in [0.05, 0.1) is 6.54 Å². The minimum absolute atomic E-state index is 0.168. The van der Waals surface area contributed by atoms with Gasteiger partial charge in [0.1, 0.15) is 18.2 Å². The molecule has 1 aliphatic rings. The van der Waals surface area contributed by atoms with E-state index < -0.39 is 0 Å². The van der Waals surface area contributed by atoms with E-state index in [1.54, 1.807) is 24.1 Å². The molecule has 1 fully saturated rings. The van der Waals surface area contributed by atoms with Gasteiger partial charge in [-0.25, -0.2) is 4.39 Å². The third-order valence-electron chi connectivity index (χ3n) is 3.83. The van der Waals surface area contributed by atoms with Gasteiger partial charge >= 0.3 is 0 Å². The maximum atomic E-state index is 12.8. The molecular formula is C17H24FNO2S2. The number of likely N-dealkylation sites (N-methyl/N-ethyl adjacent to an activating group) is 1. The Bertz CT molecular complexity index is 478. The van der Waals surface area contributed by atoms with Crippen LogP contribution in [0.15, 0.2) is 24.3 Å². The molecule has 128 valence electrons. The molecule has 1 aromatic carbocycles. The fourth-order valence-corrected chi connectivity index (χ4v) is 5.39. The maximum Gasteiger partial charge on any atom is 0.222 e. The minimum Gasteiger partial charge on any atom is -0.492 e. The SMILES string of the molecule is CN(CCOc1ccc(F)cc1)C(=O)CCCCC1CCSS1. The maximum absolute atomic E-state index is 12.8. The molecule has 3 nitrogen and oxygen atoms in total. The van der Waals surface area contributed by atoms with E-state index in [-0.39, 0.29) is 11.7 Å². The predicted octanol–water partition coefficient (Wildman–Crippen LogP) is 4.38. The second kappa shape index (κ2) is 10.1. The molecule has 1 aliphatic heterocycles. The molecular weight excluding hydrogens is 333 g/mol. The van der Waals surface area contributed by atoms with Gasteiger partial charge in [-0.15, -0.1) is 0 Å². The second-order valence-corrected chi connectivity index (χ2v) is 8.48. The Labute approximate surface area is 145 Å². The molecule has 2 rings (SSSR count). The summed E-state index contributed by atoms with van der Waals surface area (Å²) in [5.41, 5.74) is 0. The van der Waals surface area contributed by atoms with Crippen molar-refractivity contribution < 1.29 is 13.9 Å². The quantitative estimate of drug-likeness (QED) is 0.485. The fraction of sp³-hybridized carbons (Fsp3) is 0.588. The van der Waals surface area contributed by atoms with Crippen molar-refractivity contribution in [2.24, 2.45) is 0 Å². The first kappa shape index (κ1) is 18.5. The Balaban J connectivity index is 1.54. The Morgan fingerprint density at radius 3 is 2.83 bits per heavy atom. The first-order valence-corrected chi connectivity index (χ1v) is 10.4. The molecule has 6 heteroatoms. The largest absolute Gasteiger partial charge is 0.492 e. The van der Waals surface area contributed by atoms with Crippen molar-refractivity contribution in [2.45, 2.75) is 37.4 Å². The van der Waals surface area contributed by atoms with Crippen LogP contribution in [0.1, 0.15) is 32.1 Å². The van der Waals surface area contributed by atoms with Crippen LogP contribution in [0.3, 0.4) is 0 Å². The summed E-state index contributed by atoms with van der Waals surface area (Å²) in [5.74, 6) is 1.78. The van der Waals surface area contributed by atoms with Crippen molar-refractivity contribution in [1.82, 2.24) is 4.90 Å². The average molecular weight is 358 g/mol. The van der Waals surface area contributed by atoms with Crippen LogP contribution in [-0.4, -0.2) is 42.0 Å². The summed E-state index contributed by atoms with van der Waals surface area (Å²) in [6.45, 7) is 0.967. The lowest BCUT2D eigenvalue weighted by Crippen LogP contribution is -2.30. The van der Waals surface area contributed by atoms with Gasteiger partial charge in [-0.3, -0.25) is 4.79 Å². The normalized spacial score (nSPS) is 17.2. The van der Waals surface area contributed by atoms with Crippen molar-refractivity contribution in [3.63, 3.8) is 0 Å². The van der Waals surface area contributed by atoms with Crippen molar-refractivity contribution in [3.05, 3.63) is 30.1 Å². The summed E-state index contributed by atoms with van der Waals surface area (Å²) in [6.07, 6.45) is 5.23. The van der Waals surface area contributed by atoms with Gasteiger partial charge in [0, 0.05) is 24.5 Å². The van der Waals surface area contributed by atoms with Crippen LogP contribution >= 0.6 is 21.6 Å². The molecule has 0 spiro atoms. The van der Waals surface area contributed by atoms with Crippen molar-refractivity contribution in [3.8, 4) is 5.75 Å². The van der Waals surface area contributed by atoms with E-state index in [0.717, 1.165) is 18.1 Å². The number of unbranched alkanes of at least 4 members (excludes halogenated alkanes) is 1. The molecule has 1 heterocycles. The lowest BCUT2D eigenvalue weighted by Gasteiger charge is -2.17. The third-order valence-corrected chi connectivity index (χ3v) is 6.84. The zero-order chi connectivity index (χ0) is 16.5. The van der Waals surface area contributed by atoms with Gasteiger partial charge in [-0.05, 0) is 43.5 Å². The van der Waals surface area contributed by atoms with E-state index in [2.05, 4.69) is 0 Å². The minimum atomic E-state index is -0.278. The summed E-state index contributed by atoms with van der Waals surface area (Å²) < 4.78 is 18.3. The predicted molar refractivity (Wildman–Crippen MR) is 96.5 cm³/mol. The summed E-state index contributed by atoms with van der Waals surface area (Å²) in [4.78, 5) is 13.7. The lowest BCUT2D eigenvalue weighted by atomic mass is 10.1. The monoisotopic (exact) mass is 357 g/mol. The third kappa shape index (κ3) is 7.04. The summed E-state index contributed by atoms with van der Waals surface area (Å²) >= 11 is 0. The van der Waals surface area contributed by atoms with Crippen LogP contribution in [0.4, 0.5) is 4.39 Å².